The summed E-state index contributed by atoms with van der Waals surface area (Å²) in [4.78, 5) is 10.5. The summed E-state index contributed by atoms with van der Waals surface area (Å²) in [6, 6.07) is 1.58. The molecule has 0 aliphatic heterocycles. The lowest BCUT2D eigenvalue weighted by atomic mass is 9.86. The average Bonchev–Trinajstić information content (AvgIpc) is 2.29. The minimum atomic E-state index is -3.94. The first kappa shape index (κ1) is 15.2. The predicted octanol–water partition coefficient (Wildman–Crippen LogP) is 2.26. The topological polar surface area (TPSA) is 83.5 Å². The maximum Gasteiger partial charge on any atom is 0.337 e. The van der Waals surface area contributed by atoms with E-state index in [0.717, 1.165) is 31.4 Å². The van der Waals surface area contributed by atoms with E-state index in [1.54, 1.807) is 0 Å². The van der Waals surface area contributed by atoms with Crippen molar-refractivity contribution >= 4 is 27.6 Å². The molecule has 0 atom stereocenters. The molecule has 1 aromatic rings. The number of hydrogen-bond donors (Lipinski definition) is 2. The molecule has 2 rings (SSSR count). The Morgan fingerprint density at radius 1 is 1.45 bits per heavy atom. The second-order valence-electron chi connectivity index (χ2n) is 4.72. The van der Waals surface area contributed by atoms with Crippen LogP contribution in [0, 0.1) is 11.7 Å². The third-order valence-electron chi connectivity index (χ3n) is 3.33. The molecule has 0 spiro atoms. The lowest BCUT2D eigenvalue weighted by Crippen LogP contribution is -2.32. The smallest absolute Gasteiger partial charge is 0.337 e. The number of carboxylic acids is 1. The van der Waals surface area contributed by atoms with Crippen molar-refractivity contribution in [1.29, 1.82) is 0 Å². The van der Waals surface area contributed by atoms with Crippen LogP contribution in [-0.2, 0) is 10.0 Å². The summed E-state index contributed by atoms with van der Waals surface area (Å²) in [6.07, 6.45) is 2.99. The van der Waals surface area contributed by atoms with E-state index in [4.69, 9.17) is 16.7 Å². The van der Waals surface area contributed by atoms with Crippen LogP contribution in [0.4, 0.5) is 4.39 Å². The number of benzene rings is 1. The number of carbonyl (C=O) groups is 1. The first-order valence-corrected chi connectivity index (χ1v) is 7.89. The summed E-state index contributed by atoms with van der Waals surface area (Å²) in [5, 5.41) is 8.28. The van der Waals surface area contributed by atoms with Gasteiger partial charge in [0, 0.05) is 6.54 Å². The quantitative estimate of drug-likeness (QED) is 0.871. The van der Waals surface area contributed by atoms with Crippen molar-refractivity contribution in [2.45, 2.75) is 24.2 Å². The van der Waals surface area contributed by atoms with Crippen molar-refractivity contribution in [2.75, 3.05) is 6.54 Å². The molecule has 8 heteroatoms. The van der Waals surface area contributed by atoms with Gasteiger partial charge in [-0.2, -0.15) is 0 Å². The van der Waals surface area contributed by atoms with Crippen LogP contribution in [0.1, 0.15) is 29.6 Å². The highest BCUT2D eigenvalue weighted by Gasteiger charge is 2.24. The molecular weight excluding hydrogens is 309 g/mol. The normalized spacial score (nSPS) is 15.9. The Morgan fingerprint density at radius 2 is 2.10 bits per heavy atom. The van der Waals surface area contributed by atoms with Crippen molar-refractivity contribution in [2.24, 2.45) is 5.92 Å². The van der Waals surface area contributed by atoms with Gasteiger partial charge < -0.3 is 5.11 Å². The van der Waals surface area contributed by atoms with Crippen molar-refractivity contribution in [3.05, 3.63) is 28.5 Å². The number of rotatable bonds is 5. The van der Waals surface area contributed by atoms with Gasteiger partial charge in [-0.15, -0.1) is 0 Å². The molecule has 0 unspecified atom stereocenters. The molecule has 110 valence electrons. The standard InChI is InChI=1S/C12H13ClFNO4S/c13-11-9(12(16)17)4-8(5-10(11)14)20(18,19)15-6-7-2-1-3-7/h4-5,7,15H,1-3,6H2,(H,16,17). The van der Waals surface area contributed by atoms with Crippen LogP contribution >= 0.6 is 11.6 Å². The summed E-state index contributed by atoms with van der Waals surface area (Å²) >= 11 is 5.50. The zero-order valence-corrected chi connectivity index (χ0v) is 12.0. The van der Waals surface area contributed by atoms with Gasteiger partial charge in [0.2, 0.25) is 10.0 Å². The molecule has 0 amide bonds. The van der Waals surface area contributed by atoms with Gasteiger partial charge >= 0.3 is 5.97 Å². The number of halogens is 2. The van der Waals surface area contributed by atoms with E-state index in [1.165, 1.54) is 0 Å². The van der Waals surface area contributed by atoms with Gasteiger partial charge in [0.1, 0.15) is 5.82 Å². The number of aromatic carboxylic acids is 1. The van der Waals surface area contributed by atoms with E-state index in [0.29, 0.717) is 5.92 Å². The van der Waals surface area contributed by atoms with Gasteiger partial charge in [-0.3, -0.25) is 0 Å². The fraction of sp³-hybridized carbons (Fsp3) is 0.417. The Balaban J connectivity index is 2.28. The highest BCUT2D eigenvalue weighted by Crippen LogP contribution is 2.27. The molecule has 1 saturated carbocycles. The number of carboxylic acid groups (broad SMARTS) is 1. The average molecular weight is 322 g/mol. The fourth-order valence-corrected chi connectivity index (χ4v) is 3.23. The molecule has 0 aromatic heterocycles. The minimum Gasteiger partial charge on any atom is -0.478 e. The molecule has 0 bridgehead atoms. The van der Waals surface area contributed by atoms with Gasteiger partial charge in [-0.1, -0.05) is 18.0 Å². The molecule has 0 saturated heterocycles. The van der Waals surface area contributed by atoms with Crippen LogP contribution in [0.25, 0.3) is 0 Å². The molecule has 0 heterocycles. The summed E-state index contributed by atoms with van der Waals surface area (Å²) in [5.41, 5.74) is -0.573. The molecule has 1 aliphatic carbocycles. The molecule has 1 fully saturated rings. The SMILES string of the molecule is O=C(O)c1cc(S(=O)(=O)NCC2CCC2)cc(F)c1Cl. The highest BCUT2D eigenvalue weighted by atomic mass is 35.5. The Hall–Kier alpha value is -1.18. The number of hydrogen-bond acceptors (Lipinski definition) is 3. The second-order valence-corrected chi connectivity index (χ2v) is 6.87. The summed E-state index contributed by atoms with van der Waals surface area (Å²) in [6.45, 7) is 0.273. The maximum atomic E-state index is 13.5. The second kappa shape index (κ2) is 5.67. The van der Waals surface area contributed by atoms with Crippen LogP contribution in [0.2, 0.25) is 5.02 Å². The van der Waals surface area contributed by atoms with E-state index in [1.807, 2.05) is 0 Å². The van der Waals surface area contributed by atoms with Gasteiger partial charge in [0.05, 0.1) is 15.5 Å². The lowest BCUT2D eigenvalue weighted by Gasteiger charge is -2.25. The minimum absolute atomic E-state index is 0.273. The van der Waals surface area contributed by atoms with Crippen molar-refractivity contribution in [3.63, 3.8) is 0 Å². The van der Waals surface area contributed by atoms with E-state index in [-0.39, 0.29) is 6.54 Å². The molecule has 20 heavy (non-hydrogen) atoms. The largest absolute Gasteiger partial charge is 0.478 e. The fourth-order valence-electron chi connectivity index (χ4n) is 1.88. The van der Waals surface area contributed by atoms with Gasteiger partial charge in [-0.05, 0) is 30.9 Å². The Morgan fingerprint density at radius 3 is 2.60 bits per heavy atom. The summed E-state index contributed by atoms with van der Waals surface area (Å²) < 4.78 is 39.9. The van der Waals surface area contributed by atoms with E-state index >= 15 is 0 Å². The first-order valence-electron chi connectivity index (χ1n) is 6.03. The Kier molecular flexibility index (Phi) is 4.31. The van der Waals surface area contributed by atoms with Crippen molar-refractivity contribution < 1.29 is 22.7 Å². The zero-order valence-electron chi connectivity index (χ0n) is 10.4. The van der Waals surface area contributed by atoms with Crippen LogP contribution in [-0.4, -0.2) is 26.0 Å². The number of nitrogens with one attached hydrogen (secondary N) is 1. The van der Waals surface area contributed by atoms with E-state index < -0.39 is 37.3 Å². The van der Waals surface area contributed by atoms with Gasteiger partial charge in [0.25, 0.3) is 0 Å². The summed E-state index contributed by atoms with van der Waals surface area (Å²) in [5.74, 6) is -2.26. The molecule has 2 N–H and O–H groups in total. The third-order valence-corrected chi connectivity index (χ3v) is 5.12. The first-order chi connectivity index (χ1) is 9.31. The van der Waals surface area contributed by atoms with E-state index in [2.05, 4.69) is 4.72 Å². The van der Waals surface area contributed by atoms with Crippen LogP contribution < -0.4 is 4.72 Å². The maximum absolute atomic E-state index is 13.5. The van der Waals surface area contributed by atoms with Crippen molar-refractivity contribution in [1.82, 2.24) is 4.72 Å². The lowest BCUT2D eigenvalue weighted by molar-refractivity contribution is 0.0696. The van der Waals surface area contributed by atoms with Crippen LogP contribution in [0.5, 0.6) is 0 Å². The van der Waals surface area contributed by atoms with Crippen LogP contribution in [0.15, 0.2) is 17.0 Å². The van der Waals surface area contributed by atoms with Gasteiger partial charge in [-0.25, -0.2) is 22.3 Å². The Labute approximate surface area is 120 Å². The number of sulfonamides is 1. The van der Waals surface area contributed by atoms with Gasteiger partial charge in [0.15, 0.2) is 0 Å². The molecule has 1 aliphatic rings. The summed E-state index contributed by atoms with van der Waals surface area (Å²) in [7, 11) is -3.94. The third kappa shape index (κ3) is 3.11. The predicted molar refractivity (Wildman–Crippen MR) is 70.9 cm³/mol. The molecule has 5 nitrogen and oxygen atoms in total. The highest BCUT2D eigenvalue weighted by molar-refractivity contribution is 7.89. The van der Waals surface area contributed by atoms with E-state index in [9.17, 15) is 17.6 Å². The molecular formula is C12H13ClFNO4S. The molecule has 1 aromatic carbocycles. The Bertz CT molecular complexity index is 643. The van der Waals surface area contributed by atoms with Crippen LogP contribution in [0.3, 0.4) is 0 Å². The monoisotopic (exact) mass is 321 g/mol. The zero-order chi connectivity index (χ0) is 14.9. The molecule has 0 radical (unpaired) electrons. The van der Waals surface area contributed by atoms with Crippen molar-refractivity contribution in [3.8, 4) is 0 Å².